The molecule has 1 fully saturated rings. The van der Waals surface area contributed by atoms with Gasteiger partial charge in [0.1, 0.15) is 5.82 Å². The highest BCUT2D eigenvalue weighted by Gasteiger charge is 2.29. The van der Waals surface area contributed by atoms with Crippen LogP contribution in [0, 0.1) is 6.92 Å². The minimum atomic E-state index is 0.163. The van der Waals surface area contributed by atoms with Crippen LogP contribution >= 0.6 is 0 Å². The van der Waals surface area contributed by atoms with Gasteiger partial charge >= 0.3 is 0 Å². The fraction of sp³-hybridized carbons (Fsp3) is 0.545. The number of aryl methyl sites for hydroxylation is 1. The number of carbonyl (C=O) groups excluding carboxylic acids is 1. The van der Waals surface area contributed by atoms with Crippen molar-refractivity contribution in [2.75, 3.05) is 19.6 Å². The Morgan fingerprint density at radius 1 is 1.19 bits per heavy atom. The molecule has 144 valence electrons. The molecule has 1 unspecified atom stereocenters. The normalized spacial score (nSPS) is 19.7. The first-order valence-corrected chi connectivity index (χ1v) is 10.2. The van der Waals surface area contributed by atoms with Gasteiger partial charge in [-0.05, 0) is 44.2 Å². The van der Waals surface area contributed by atoms with Gasteiger partial charge in [0.25, 0.3) is 0 Å². The first kappa shape index (κ1) is 18.2. The van der Waals surface area contributed by atoms with Crippen molar-refractivity contribution < 1.29 is 4.79 Å². The van der Waals surface area contributed by atoms with Crippen molar-refractivity contribution in [1.29, 1.82) is 0 Å². The molecule has 1 aromatic heterocycles. The van der Waals surface area contributed by atoms with Gasteiger partial charge < -0.3 is 9.47 Å². The maximum absolute atomic E-state index is 12.7. The molecular formula is C22H30N4O. The van der Waals surface area contributed by atoms with Gasteiger partial charge in [0.2, 0.25) is 5.91 Å². The van der Waals surface area contributed by atoms with E-state index in [2.05, 4.69) is 50.5 Å². The number of hydrogen-bond donors (Lipinski definition) is 0. The van der Waals surface area contributed by atoms with Gasteiger partial charge in [-0.1, -0.05) is 24.3 Å². The quantitative estimate of drug-likeness (QED) is 0.834. The third-order valence-corrected chi connectivity index (χ3v) is 6.30. The molecule has 0 saturated carbocycles. The predicted octanol–water partition coefficient (Wildman–Crippen LogP) is 3.19. The molecule has 1 amide bonds. The van der Waals surface area contributed by atoms with Gasteiger partial charge in [-0.3, -0.25) is 9.69 Å². The van der Waals surface area contributed by atoms with Crippen LogP contribution in [0.3, 0.4) is 0 Å². The van der Waals surface area contributed by atoms with E-state index in [1.54, 1.807) is 6.20 Å². The monoisotopic (exact) mass is 366 g/mol. The lowest BCUT2D eigenvalue weighted by Gasteiger charge is -2.41. The van der Waals surface area contributed by atoms with Crippen molar-refractivity contribution in [3.8, 4) is 0 Å². The average molecular weight is 367 g/mol. The number of nitrogens with zero attached hydrogens (tertiary/aromatic N) is 4. The third-order valence-electron chi connectivity index (χ3n) is 6.30. The van der Waals surface area contributed by atoms with E-state index < -0.39 is 0 Å². The molecular weight excluding hydrogens is 336 g/mol. The van der Waals surface area contributed by atoms with Gasteiger partial charge in [0.05, 0.1) is 0 Å². The zero-order valence-electron chi connectivity index (χ0n) is 16.5. The van der Waals surface area contributed by atoms with Crippen LogP contribution in [0.1, 0.15) is 49.2 Å². The number of amides is 1. The second-order valence-corrected chi connectivity index (χ2v) is 8.04. The number of aromatic nitrogens is 2. The Morgan fingerprint density at radius 3 is 2.63 bits per heavy atom. The highest BCUT2D eigenvalue weighted by atomic mass is 16.2. The number of fused-ring (bicyclic) bond motifs is 1. The van der Waals surface area contributed by atoms with Gasteiger partial charge in [-0.25, -0.2) is 4.98 Å². The van der Waals surface area contributed by atoms with Crippen LogP contribution in [-0.4, -0.2) is 50.9 Å². The summed E-state index contributed by atoms with van der Waals surface area (Å²) in [6.07, 6.45) is 7.65. The number of imidazole rings is 1. The van der Waals surface area contributed by atoms with Crippen molar-refractivity contribution in [3.63, 3.8) is 0 Å². The van der Waals surface area contributed by atoms with Crippen molar-refractivity contribution in [2.24, 2.45) is 0 Å². The number of rotatable bonds is 4. The molecule has 4 rings (SSSR count). The van der Waals surface area contributed by atoms with E-state index in [9.17, 15) is 4.79 Å². The van der Waals surface area contributed by atoms with Gasteiger partial charge in [-0.2, -0.15) is 0 Å². The van der Waals surface area contributed by atoms with Crippen LogP contribution in [-0.2, 0) is 17.8 Å². The van der Waals surface area contributed by atoms with Crippen LogP contribution in [0.5, 0.6) is 0 Å². The number of benzene rings is 1. The molecule has 0 bridgehead atoms. The Bertz CT molecular complexity index is 791. The van der Waals surface area contributed by atoms with Crippen LogP contribution in [0.25, 0.3) is 0 Å². The molecule has 3 heterocycles. The van der Waals surface area contributed by atoms with Crippen LogP contribution < -0.4 is 0 Å². The molecule has 2 aliphatic heterocycles. The molecule has 0 radical (unpaired) electrons. The van der Waals surface area contributed by atoms with Gasteiger partial charge in [0, 0.05) is 57.1 Å². The molecule has 0 spiro atoms. The van der Waals surface area contributed by atoms with Crippen molar-refractivity contribution in [3.05, 3.63) is 53.6 Å². The zero-order valence-corrected chi connectivity index (χ0v) is 16.5. The molecule has 5 heteroatoms. The maximum atomic E-state index is 12.7. The van der Waals surface area contributed by atoms with E-state index in [0.29, 0.717) is 12.5 Å². The Kier molecular flexibility index (Phi) is 5.30. The van der Waals surface area contributed by atoms with E-state index in [-0.39, 0.29) is 11.9 Å². The minimum Gasteiger partial charge on any atom is -0.343 e. The lowest BCUT2D eigenvalue weighted by Crippen LogP contribution is -2.48. The molecule has 2 aromatic rings. The number of likely N-dealkylation sites (tertiary alicyclic amines) is 1. The summed E-state index contributed by atoms with van der Waals surface area (Å²) in [7, 11) is 0. The summed E-state index contributed by atoms with van der Waals surface area (Å²) in [5, 5.41) is 0. The second-order valence-electron chi connectivity index (χ2n) is 8.04. The summed E-state index contributed by atoms with van der Waals surface area (Å²) < 4.78 is 2.09. The van der Waals surface area contributed by atoms with Gasteiger partial charge in [-0.15, -0.1) is 0 Å². The number of carbonyl (C=O) groups is 1. The molecule has 5 nitrogen and oxygen atoms in total. The summed E-state index contributed by atoms with van der Waals surface area (Å²) >= 11 is 0. The van der Waals surface area contributed by atoms with Crippen molar-refractivity contribution in [1.82, 2.24) is 19.4 Å². The zero-order chi connectivity index (χ0) is 18.8. The summed E-state index contributed by atoms with van der Waals surface area (Å²) in [6, 6.07) is 9.58. The Balaban J connectivity index is 1.29. The SMILES string of the molecule is Cc1nccn1C(C)CC(=O)N1CCC(N2CCc3ccccc3C2)CC1. The predicted molar refractivity (Wildman–Crippen MR) is 106 cm³/mol. The Morgan fingerprint density at radius 2 is 1.93 bits per heavy atom. The largest absolute Gasteiger partial charge is 0.343 e. The number of hydrogen-bond acceptors (Lipinski definition) is 3. The lowest BCUT2D eigenvalue weighted by molar-refractivity contribution is -0.133. The summed E-state index contributed by atoms with van der Waals surface area (Å²) in [5.41, 5.74) is 2.98. The molecule has 1 atom stereocenters. The van der Waals surface area contributed by atoms with E-state index in [0.717, 1.165) is 51.3 Å². The lowest BCUT2D eigenvalue weighted by atomic mass is 9.95. The van der Waals surface area contributed by atoms with Crippen LogP contribution in [0.15, 0.2) is 36.7 Å². The van der Waals surface area contributed by atoms with Crippen LogP contribution in [0.2, 0.25) is 0 Å². The molecule has 0 aliphatic carbocycles. The smallest absolute Gasteiger partial charge is 0.224 e. The standard InChI is InChI=1S/C22H30N4O/c1-17(26-14-10-23-18(26)2)15-22(27)24-12-8-21(9-13-24)25-11-7-19-5-3-4-6-20(19)16-25/h3-6,10,14,17,21H,7-9,11-13,15-16H2,1-2H3. The molecule has 1 saturated heterocycles. The topological polar surface area (TPSA) is 41.4 Å². The summed E-state index contributed by atoms with van der Waals surface area (Å²) in [6.45, 7) is 8.07. The number of piperidine rings is 1. The second kappa shape index (κ2) is 7.85. The van der Waals surface area contributed by atoms with Gasteiger partial charge in [0.15, 0.2) is 0 Å². The van der Waals surface area contributed by atoms with Crippen molar-refractivity contribution >= 4 is 5.91 Å². The third kappa shape index (κ3) is 3.93. The molecule has 1 aromatic carbocycles. The van der Waals surface area contributed by atoms with E-state index in [1.165, 1.54) is 11.1 Å². The van der Waals surface area contributed by atoms with E-state index in [4.69, 9.17) is 0 Å². The summed E-state index contributed by atoms with van der Waals surface area (Å²) in [5.74, 6) is 1.25. The maximum Gasteiger partial charge on any atom is 0.224 e. The average Bonchev–Trinajstić information content (AvgIpc) is 3.14. The van der Waals surface area contributed by atoms with E-state index in [1.807, 2.05) is 13.1 Å². The Hall–Kier alpha value is -2.14. The van der Waals surface area contributed by atoms with E-state index >= 15 is 0 Å². The Labute approximate surface area is 162 Å². The highest BCUT2D eigenvalue weighted by Crippen LogP contribution is 2.25. The minimum absolute atomic E-state index is 0.163. The summed E-state index contributed by atoms with van der Waals surface area (Å²) in [4.78, 5) is 21.7. The molecule has 27 heavy (non-hydrogen) atoms. The van der Waals surface area contributed by atoms with Crippen molar-refractivity contribution in [2.45, 2.75) is 58.2 Å². The molecule has 2 aliphatic rings. The first-order chi connectivity index (χ1) is 13.1. The first-order valence-electron chi connectivity index (χ1n) is 10.2. The van der Waals surface area contributed by atoms with Crippen LogP contribution in [0.4, 0.5) is 0 Å². The molecule has 0 N–H and O–H groups in total. The fourth-order valence-electron chi connectivity index (χ4n) is 4.64. The fourth-order valence-corrected chi connectivity index (χ4v) is 4.64. The highest BCUT2D eigenvalue weighted by molar-refractivity contribution is 5.76.